The van der Waals surface area contributed by atoms with Gasteiger partial charge in [0, 0.05) is 19.5 Å². The van der Waals surface area contributed by atoms with Gasteiger partial charge in [0.2, 0.25) is 0 Å². The van der Waals surface area contributed by atoms with Crippen LogP contribution in [0.2, 0.25) is 5.15 Å². The van der Waals surface area contributed by atoms with Gasteiger partial charge in [-0.05, 0) is 20.8 Å². The number of rotatable bonds is 3. The minimum atomic E-state index is -1.02. The van der Waals surface area contributed by atoms with E-state index in [2.05, 4.69) is 15.4 Å². The highest BCUT2D eigenvalue weighted by atomic mass is 35.5. The quantitative estimate of drug-likeness (QED) is 0.880. The molecule has 0 aliphatic heterocycles. The average molecular weight is 384 g/mol. The zero-order valence-electron chi connectivity index (χ0n) is 14.8. The molecule has 2 heterocycles. The van der Waals surface area contributed by atoms with E-state index in [1.807, 2.05) is 0 Å². The Morgan fingerprint density at radius 3 is 2.69 bits per heavy atom. The Labute approximate surface area is 154 Å². The third-order valence-electron chi connectivity index (χ3n) is 3.71. The monoisotopic (exact) mass is 383 g/mol. The zero-order valence-corrected chi connectivity index (χ0v) is 15.5. The first-order chi connectivity index (χ1) is 12.1. The molecule has 1 aliphatic carbocycles. The largest absolute Gasteiger partial charge is 0.443 e. The van der Waals surface area contributed by atoms with Crippen molar-refractivity contribution in [3.63, 3.8) is 0 Å². The zero-order chi connectivity index (χ0) is 19.2. The number of nitrogens with one attached hydrogen (secondary N) is 1. The van der Waals surface area contributed by atoms with E-state index < -0.39 is 29.8 Å². The van der Waals surface area contributed by atoms with Crippen molar-refractivity contribution >= 4 is 34.9 Å². The molecule has 0 spiro atoms. The van der Waals surface area contributed by atoms with Gasteiger partial charge in [0.25, 0.3) is 5.91 Å². The topological polar surface area (TPSA) is 88.8 Å². The maximum absolute atomic E-state index is 13.0. The predicted molar refractivity (Wildman–Crippen MR) is 93.4 cm³/mol. The van der Waals surface area contributed by atoms with Crippen LogP contribution >= 0.6 is 11.6 Å². The summed E-state index contributed by atoms with van der Waals surface area (Å²) >= 11 is 6.05. The number of imidazole rings is 1. The van der Waals surface area contributed by atoms with Crippen molar-refractivity contribution in [2.45, 2.75) is 45.0 Å². The molecule has 0 radical (unpaired) electrons. The summed E-state index contributed by atoms with van der Waals surface area (Å²) in [4.78, 5) is 30.0. The van der Waals surface area contributed by atoms with E-state index in [1.54, 1.807) is 20.8 Å². The molecule has 8 nitrogen and oxygen atoms in total. The first-order valence-electron chi connectivity index (χ1n) is 8.03. The first kappa shape index (κ1) is 18.4. The van der Waals surface area contributed by atoms with E-state index in [1.165, 1.54) is 28.7 Å². The van der Waals surface area contributed by atoms with Gasteiger partial charge in [-0.1, -0.05) is 11.6 Å². The van der Waals surface area contributed by atoms with E-state index in [-0.39, 0.29) is 16.5 Å². The van der Waals surface area contributed by atoms with Crippen molar-refractivity contribution in [1.29, 1.82) is 0 Å². The molecule has 2 amide bonds. The Bertz CT molecular complexity index is 879. The van der Waals surface area contributed by atoms with Crippen LogP contribution in [0.25, 0.3) is 5.65 Å². The number of anilines is 1. The molecule has 2 aromatic heterocycles. The lowest BCUT2D eigenvalue weighted by molar-refractivity contribution is 0.0589. The fourth-order valence-electron chi connectivity index (χ4n) is 2.31. The second-order valence-electron chi connectivity index (χ2n) is 7.10. The normalized spacial score (nSPS) is 19.3. The van der Waals surface area contributed by atoms with E-state index in [0.717, 1.165) is 0 Å². The lowest BCUT2D eigenvalue weighted by Crippen LogP contribution is -2.34. The van der Waals surface area contributed by atoms with Crippen LogP contribution in [-0.2, 0) is 4.74 Å². The first-order valence-corrected chi connectivity index (χ1v) is 8.40. The minimum Gasteiger partial charge on any atom is -0.443 e. The second-order valence-corrected chi connectivity index (χ2v) is 7.49. The highest BCUT2D eigenvalue weighted by molar-refractivity contribution is 6.29. The Balaban J connectivity index is 1.94. The van der Waals surface area contributed by atoms with Gasteiger partial charge in [-0.2, -0.15) is 5.10 Å². The Morgan fingerprint density at radius 2 is 2.12 bits per heavy atom. The van der Waals surface area contributed by atoms with E-state index in [9.17, 15) is 14.0 Å². The molecule has 140 valence electrons. The molecule has 26 heavy (non-hydrogen) atoms. The molecule has 2 aromatic rings. The van der Waals surface area contributed by atoms with Crippen molar-refractivity contribution in [2.24, 2.45) is 0 Å². The molecule has 1 aliphatic rings. The Kier molecular flexibility index (Phi) is 4.51. The summed E-state index contributed by atoms with van der Waals surface area (Å²) in [6, 6.07) is 0.963. The molecule has 3 rings (SSSR count). The Morgan fingerprint density at radius 1 is 1.46 bits per heavy atom. The van der Waals surface area contributed by atoms with Crippen LogP contribution < -0.4 is 10.2 Å². The number of halogens is 2. The van der Waals surface area contributed by atoms with Gasteiger partial charge >= 0.3 is 6.09 Å². The predicted octanol–water partition coefficient (Wildman–Crippen LogP) is 2.59. The molecule has 0 bridgehead atoms. The number of nitrogens with zero attached hydrogens (tertiary/aromatic N) is 4. The second kappa shape index (κ2) is 6.39. The smallest absolute Gasteiger partial charge is 0.414 e. The van der Waals surface area contributed by atoms with Crippen LogP contribution in [0.15, 0.2) is 12.3 Å². The van der Waals surface area contributed by atoms with Crippen LogP contribution in [-0.4, -0.2) is 51.5 Å². The number of aromatic nitrogens is 3. The van der Waals surface area contributed by atoms with E-state index >= 15 is 0 Å². The highest BCUT2D eigenvalue weighted by Gasteiger charge is 2.39. The van der Waals surface area contributed by atoms with E-state index in [0.29, 0.717) is 12.1 Å². The summed E-state index contributed by atoms with van der Waals surface area (Å²) in [5, 5.41) is 6.68. The number of carbonyl (C=O) groups is 2. The molecular formula is C16H19ClFN5O3. The van der Waals surface area contributed by atoms with Crippen molar-refractivity contribution in [2.75, 3.05) is 11.9 Å². The number of hydrogen-bond donors (Lipinski definition) is 1. The SMILES string of the molecule is CN(C(=O)OC(C)(C)C)c1cc(Cl)nn2c(C(=O)N[C@@H]3C[C@@H]3F)cnc12. The van der Waals surface area contributed by atoms with E-state index in [4.69, 9.17) is 16.3 Å². The average Bonchev–Trinajstić information content (AvgIpc) is 3.04. The van der Waals surface area contributed by atoms with Gasteiger partial charge in [-0.15, -0.1) is 0 Å². The molecule has 1 saturated carbocycles. The van der Waals surface area contributed by atoms with Gasteiger partial charge in [-0.25, -0.2) is 18.7 Å². The molecule has 2 atom stereocenters. The summed E-state index contributed by atoms with van der Waals surface area (Å²) in [6.07, 6.45) is -0.0308. The van der Waals surface area contributed by atoms with Crippen LogP contribution in [0.5, 0.6) is 0 Å². The number of amides is 2. The minimum absolute atomic E-state index is 0.0600. The molecule has 0 saturated heterocycles. The van der Waals surface area contributed by atoms with Crippen molar-refractivity contribution in [1.82, 2.24) is 19.9 Å². The van der Waals surface area contributed by atoms with Gasteiger partial charge in [0.1, 0.15) is 11.8 Å². The molecule has 0 aromatic carbocycles. The third kappa shape index (κ3) is 3.72. The number of ether oxygens (including phenoxy) is 1. The maximum Gasteiger partial charge on any atom is 0.414 e. The molecule has 10 heteroatoms. The number of hydrogen-bond acceptors (Lipinski definition) is 5. The van der Waals surface area contributed by atoms with Gasteiger partial charge < -0.3 is 10.1 Å². The number of carbonyl (C=O) groups excluding carboxylic acids is 2. The van der Waals surface area contributed by atoms with Crippen molar-refractivity contribution in [3.05, 3.63) is 23.1 Å². The van der Waals surface area contributed by atoms with Gasteiger partial charge in [0.05, 0.1) is 17.9 Å². The summed E-state index contributed by atoms with van der Waals surface area (Å²) in [6.45, 7) is 5.26. The lowest BCUT2D eigenvalue weighted by Gasteiger charge is -2.24. The Hall–Kier alpha value is -2.42. The standard InChI is InChI=1S/C16H19ClFN5O3/c1-16(2,3)26-15(25)22(4)10-6-12(17)21-23-11(7-19-13(10)23)14(24)20-9-5-8(9)18/h6-9H,5H2,1-4H3,(H,20,24)/t8-,9+/m0/s1. The summed E-state index contributed by atoms with van der Waals surface area (Å²) in [5.41, 5.74) is 0.000521. The highest BCUT2D eigenvalue weighted by Crippen LogP contribution is 2.27. The van der Waals surface area contributed by atoms with Crippen LogP contribution in [0, 0.1) is 0 Å². The summed E-state index contributed by atoms with van der Waals surface area (Å²) in [7, 11) is 1.51. The van der Waals surface area contributed by atoms with Crippen LogP contribution in [0.3, 0.4) is 0 Å². The lowest BCUT2D eigenvalue weighted by atomic mass is 10.2. The number of alkyl halides is 1. The fourth-order valence-corrected chi connectivity index (χ4v) is 2.49. The molecule has 1 N–H and O–H groups in total. The summed E-state index contributed by atoms with van der Waals surface area (Å²) in [5.74, 6) is -0.511. The van der Waals surface area contributed by atoms with Crippen molar-refractivity contribution < 1.29 is 18.7 Å². The molecule has 0 unspecified atom stereocenters. The van der Waals surface area contributed by atoms with Gasteiger partial charge in [-0.3, -0.25) is 9.69 Å². The summed E-state index contributed by atoms with van der Waals surface area (Å²) < 4.78 is 19.6. The third-order valence-corrected chi connectivity index (χ3v) is 3.89. The van der Waals surface area contributed by atoms with Gasteiger partial charge in [0.15, 0.2) is 16.5 Å². The maximum atomic E-state index is 13.0. The van der Waals surface area contributed by atoms with Crippen LogP contribution in [0.4, 0.5) is 14.9 Å². The number of fused-ring (bicyclic) bond motifs is 1. The van der Waals surface area contributed by atoms with Crippen LogP contribution in [0.1, 0.15) is 37.7 Å². The van der Waals surface area contributed by atoms with Crippen molar-refractivity contribution in [3.8, 4) is 0 Å². The molecular weight excluding hydrogens is 365 g/mol. The molecule has 1 fully saturated rings. The fraction of sp³-hybridized carbons (Fsp3) is 0.500.